The van der Waals surface area contributed by atoms with Crippen molar-refractivity contribution in [3.8, 4) is 0 Å². The van der Waals surface area contributed by atoms with Crippen molar-refractivity contribution in [2.75, 3.05) is 13.1 Å². The summed E-state index contributed by atoms with van der Waals surface area (Å²) in [5.41, 5.74) is 1.27. The zero-order chi connectivity index (χ0) is 13.5. The minimum Gasteiger partial charge on any atom is -0.304 e. The number of thiazole rings is 1. The Balaban J connectivity index is 1.85. The summed E-state index contributed by atoms with van der Waals surface area (Å²) in [6.45, 7) is 8.96. The summed E-state index contributed by atoms with van der Waals surface area (Å²) in [5, 5.41) is 7.31. The van der Waals surface area contributed by atoms with Crippen LogP contribution in [0.4, 0.5) is 0 Å². The molecule has 2 atom stereocenters. The van der Waals surface area contributed by atoms with E-state index in [1.807, 2.05) is 11.3 Å². The molecule has 2 heterocycles. The third-order valence-corrected chi connectivity index (χ3v) is 5.58. The highest BCUT2D eigenvalue weighted by Gasteiger charge is 2.48. The molecule has 0 aromatic carbocycles. The summed E-state index contributed by atoms with van der Waals surface area (Å²) in [5.74, 6) is 0. The van der Waals surface area contributed by atoms with E-state index in [9.17, 15) is 0 Å². The molecule has 1 saturated heterocycles. The van der Waals surface area contributed by atoms with Crippen LogP contribution in [0.2, 0.25) is 0 Å². The van der Waals surface area contributed by atoms with E-state index in [1.54, 1.807) is 0 Å². The molecule has 0 radical (unpaired) electrons. The second-order valence-electron chi connectivity index (χ2n) is 6.26. The van der Waals surface area contributed by atoms with E-state index in [4.69, 9.17) is 4.98 Å². The number of aryl methyl sites for hydroxylation is 1. The zero-order valence-corrected chi connectivity index (χ0v) is 13.1. The quantitative estimate of drug-likeness (QED) is 0.898. The molecule has 1 N–H and O–H groups in total. The average molecular weight is 279 g/mol. The van der Waals surface area contributed by atoms with Gasteiger partial charge in [-0.2, -0.15) is 0 Å². The van der Waals surface area contributed by atoms with Crippen molar-refractivity contribution in [1.29, 1.82) is 0 Å². The van der Waals surface area contributed by atoms with Gasteiger partial charge in [0.25, 0.3) is 0 Å². The van der Waals surface area contributed by atoms with Crippen LogP contribution in [0, 0.1) is 6.92 Å². The van der Waals surface area contributed by atoms with Crippen molar-refractivity contribution in [2.24, 2.45) is 0 Å². The molecule has 2 unspecified atom stereocenters. The first-order chi connectivity index (χ1) is 9.14. The van der Waals surface area contributed by atoms with Crippen LogP contribution in [-0.4, -0.2) is 35.1 Å². The lowest BCUT2D eigenvalue weighted by atomic mass is 9.97. The minimum atomic E-state index is 0.108. The van der Waals surface area contributed by atoms with E-state index in [-0.39, 0.29) is 5.54 Å². The summed E-state index contributed by atoms with van der Waals surface area (Å²) in [6, 6.07) is 1.53. The number of aromatic nitrogens is 1. The third kappa shape index (κ3) is 2.58. The molecule has 1 aromatic rings. The fourth-order valence-corrected chi connectivity index (χ4v) is 4.32. The van der Waals surface area contributed by atoms with Gasteiger partial charge in [0, 0.05) is 29.7 Å². The minimum absolute atomic E-state index is 0.108. The molecule has 2 fully saturated rings. The van der Waals surface area contributed by atoms with Gasteiger partial charge in [-0.3, -0.25) is 4.90 Å². The van der Waals surface area contributed by atoms with Crippen molar-refractivity contribution >= 4 is 11.3 Å². The molecule has 1 aliphatic carbocycles. The molecule has 2 aliphatic rings. The van der Waals surface area contributed by atoms with E-state index in [0.717, 1.165) is 24.8 Å². The molecule has 1 aromatic heterocycles. The Labute approximate surface area is 120 Å². The predicted molar refractivity (Wildman–Crippen MR) is 80.6 cm³/mol. The van der Waals surface area contributed by atoms with E-state index < -0.39 is 0 Å². The molecule has 3 rings (SSSR count). The Morgan fingerprint density at radius 2 is 2.32 bits per heavy atom. The fraction of sp³-hybridized carbons (Fsp3) is 0.800. The number of likely N-dealkylation sites (tertiary alicyclic amines) is 1. The van der Waals surface area contributed by atoms with Crippen molar-refractivity contribution in [2.45, 2.75) is 64.1 Å². The van der Waals surface area contributed by atoms with Crippen LogP contribution in [-0.2, 0) is 5.54 Å². The highest BCUT2D eigenvalue weighted by atomic mass is 32.1. The van der Waals surface area contributed by atoms with Crippen molar-refractivity contribution in [1.82, 2.24) is 15.2 Å². The molecule has 1 saturated carbocycles. The summed E-state index contributed by atoms with van der Waals surface area (Å²) >= 11 is 1.83. The molecular formula is C15H25N3S. The van der Waals surface area contributed by atoms with Crippen LogP contribution in [0.15, 0.2) is 5.38 Å². The molecule has 1 aliphatic heterocycles. The number of nitrogens with one attached hydrogen (secondary N) is 1. The maximum Gasteiger partial charge on any atom is 0.114 e. The second kappa shape index (κ2) is 5.15. The van der Waals surface area contributed by atoms with Gasteiger partial charge in [0.1, 0.15) is 5.01 Å². The van der Waals surface area contributed by atoms with Crippen molar-refractivity contribution in [3.05, 3.63) is 16.1 Å². The fourth-order valence-electron chi connectivity index (χ4n) is 3.35. The van der Waals surface area contributed by atoms with Gasteiger partial charge < -0.3 is 5.32 Å². The lowest BCUT2D eigenvalue weighted by Gasteiger charge is -2.29. The molecule has 4 heteroatoms. The summed E-state index contributed by atoms with van der Waals surface area (Å²) in [7, 11) is 0. The molecule has 0 bridgehead atoms. The first kappa shape index (κ1) is 13.5. The van der Waals surface area contributed by atoms with Crippen LogP contribution >= 0.6 is 11.3 Å². The molecule has 19 heavy (non-hydrogen) atoms. The molecule has 0 spiro atoms. The van der Waals surface area contributed by atoms with Gasteiger partial charge in [0.2, 0.25) is 0 Å². The smallest absolute Gasteiger partial charge is 0.114 e. The maximum absolute atomic E-state index is 4.80. The first-order valence-electron chi connectivity index (χ1n) is 7.58. The van der Waals surface area contributed by atoms with Gasteiger partial charge in [-0.05, 0) is 46.1 Å². The van der Waals surface area contributed by atoms with E-state index in [1.165, 1.54) is 30.7 Å². The van der Waals surface area contributed by atoms with Crippen LogP contribution in [0.5, 0.6) is 0 Å². The summed E-state index contributed by atoms with van der Waals surface area (Å²) < 4.78 is 0. The van der Waals surface area contributed by atoms with Gasteiger partial charge in [-0.1, -0.05) is 6.92 Å². The number of hydrogen-bond acceptors (Lipinski definition) is 4. The Bertz CT molecular complexity index is 440. The van der Waals surface area contributed by atoms with Crippen LogP contribution in [0.1, 0.15) is 50.2 Å². The lowest BCUT2D eigenvalue weighted by molar-refractivity contribution is 0.240. The van der Waals surface area contributed by atoms with Gasteiger partial charge in [-0.15, -0.1) is 11.3 Å². The molecule has 3 nitrogen and oxygen atoms in total. The van der Waals surface area contributed by atoms with Crippen molar-refractivity contribution < 1.29 is 0 Å². The standard InChI is InChI=1S/C15H25N3S/c1-4-7-16-15(14-17-11(2)9-19-14)8-12(3)18(10-15)13-5-6-13/h9,12-13,16H,4-8,10H2,1-3H3. The van der Waals surface area contributed by atoms with E-state index >= 15 is 0 Å². The van der Waals surface area contributed by atoms with Crippen LogP contribution in [0.3, 0.4) is 0 Å². The molecular weight excluding hydrogens is 254 g/mol. The lowest BCUT2D eigenvalue weighted by Crippen LogP contribution is -2.45. The second-order valence-corrected chi connectivity index (χ2v) is 7.12. The summed E-state index contributed by atoms with van der Waals surface area (Å²) in [4.78, 5) is 7.50. The van der Waals surface area contributed by atoms with Gasteiger partial charge in [0.05, 0.1) is 5.54 Å². The number of hydrogen-bond donors (Lipinski definition) is 1. The number of nitrogens with zero attached hydrogens (tertiary/aromatic N) is 2. The Morgan fingerprint density at radius 3 is 2.89 bits per heavy atom. The predicted octanol–water partition coefficient (Wildman–Crippen LogP) is 2.90. The number of rotatable bonds is 5. The van der Waals surface area contributed by atoms with E-state index in [0.29, 0.717) is 6.04 Å². The monoisotopic (exact) mass is 279 g/mol. The average Bonchev–Trinajstić information content (AvgIpc) is 3.05. The van der Waals surface area contributed by atoms with Crippen LogP contribution in [0.25, 0.3) is 0 Å². The van der Waals surface area contributed by atoms with Gasteiger partial charge >= 0.3 is 0 Å². The Morgan fingerprint density at radius 1 is 1.53 bits per heavy atom. The summed E-state index contributed by atoms with van der Waals surface area (Å²) in [6.07, 6.45) is 5.18. The SMILES string of the molecule is CCCNC1(c2nc(C)cs2)CC(C)N(C2CC2)C1. The van der Waals surface area contributed by atoms with Crippen molar-refractivity contribution in [3.63, 3.8) is 0 Å². The first-order valence-corrected chi connectivity index (χ1v) is 8.46. The van der Waals surface area contributed by atoms with Crippen LogP contribution < -0.4 is 5.32 Å². The highest BCUT2D eigenvalue weighted by Crippen LogP contribution is 2.42. The largest absolute Gasteiger partial charge is 0.304 e. The third-order valence-electron chi connectivity index (χ3n) is 4.42. The Hall–Kier alpha value is -0.450. The van der Waals surface area contributed by atoms with E-state index in [2.05, 4.69) is 36.4 Å². The van der Waals surface area contributed by atoms with Gasteiger partial charge in [-0.25, -0.2) is 4.98 Å². The normalized spacial score (nSPS) is 32.1. The topological polar surface area (TPSA) is 28.2 Å². The highest BCUT2D eigenvalue weighted by molar-refractivity contribution is 7.09. The molecule has 0 amide bonds. The maximum atomic E-state index is 4.80. The molecule has 106 valence electrons. The van der Waals surface area contributed by atoms with Gasteiger partial charge in [0.15, 0.2) is 0 Å². The zero-order valence-electron chi connectivity index (χ0n) is 12.3. The Kier molecular flexibility index (Phi) is 3.67.